The van der Waals surface area contributed by atoms with Gasteiger partial charge in [-0.25, -0.2) is 5.84 Å². The molecule has 1 aliphatic rings. The van der Waals surface area contributed by atoms with Crippen LogP contribution in [0.3, 0.4) is 0 Å². The number of carbonyl (C=O) groups excluding carboxylic acids is 1. The molecule has 0 aromatic heterocycles. The zero-order valence-electron chi connectivity index (χ0n) is 11.6. The molecular weight excluding hydrogens is 232 g/mol. The van der Waals surface area contributed by atoms with Gasteiger partial charge in [-0.15, -0.1) is 0 Å². The standard InChI is InChI=1S/C12H26N4O2/c1-10(11(17)14-13)8-15-4-6-16(7-5-15)9-12(2,3)18/h10,18H,4-9,13H2,1-3H3,(H,14,17). The summed E-state index contributed by atoms with van der Waals surface area (Å²) >= 11 is 0. The van der Waals surface area contributed by atoms with Crippen LogP contribution in [0.15, 0.2) is 0 Å². The number of hydrazine groups is 1. The van der Waals surface area contributed by atoms with E-state index in [2.05, 4.69) is 15.2 Å². The Bertz CT molecular complexity index is 270. The van der Waals surface area contributed by atoms with Crippen molar-refractivity contribution in [3.8, 4) is 0 Å². The zero-order chi connectivity index (χ0) is 13.8. The summed E-state index contributed by atoms with van der Waals surface area (Å²) in [6, 6.07) is 0. The fraction of sp³-hybridized carbons (Fsp3) is 0.917. The maximum Gasteiger partial charge on any atom is 0.237 e. The zero-order valence-corrected chi connectivity index (χ0v) is 11.6. The van der Waals surface area contributed by atoms with Crippen molar-refractivity contribution in [3.05, 3.63) is 0 Å². The molecule has 1 aliphatic heterocycles. The van der Waals surface area contributed by atoms with Crippen LogP contribution in [0.4, 0.5) is 0 Å². The predicted molar refractivity (Wildman–Crippen MR) is 70.7 cm³/mol. The van der Waals surface area contributed by atoms with Crippen LogP contribution >= 0.6 is 0 Å². The van der Waals surface area contributed by atoms with Crippen molar-refractivity contribution in [1.82, 2.24) is 15.2 Å². The molecule has 1 unspecified atom stereocenters. The van der Waals surface area contributed by atoms with E-state index in [1.807, 2.05) is 20.8 Å². The number of hydrogen-bond donors (Lipinski definition) is 3. The number of amides is 1. The molecule has 0 aromatic rings. The number of β-amino-alcohol motifs (C(OH)–C–C–N with tert-alkyl or cyclic N) is 1. The van der Waals surface area contributed by atoms with Gasteiger partial charge in [0, 0.05) is 45.2 Å². The van der Waals surface area contributed by atoms with E-state index in [9.17, 15) is 9.90 Å². The van der Waals surface area contributed by atoms with Crippen LogP contribution in [0, 0.1) is 5.92 Å². The molecule has 6 heteroatoms. The number of nitrogens with one attached hydrogen (secondary N) is 1. The minimum atomic E-state index is -0.644. The number of piperazine rings is 1. The van der Waals surface area contributed by atoms with Gasteiger partial charge in [0.15, 0.2) is 0 Å². The predicted octanol–water partition coefficient (Wildman–Crippen LogP) is -0.999. The lowest BCUT2D eigenvalue weighted by atomic mass is 10.1. The van der Waals surface area contributed by atoms with Crippen molar-refractivity contribution < 1.29 is 9.90 Å². The molecule has 0 saturated carbocycles. The number of aliphatic hydroxyl groups is 1. The Morgan fingerprint density at radius 1 is 1.33 bits per heavy atom. The van der Waals surface area contributed by atoms with Crippen molar-refractivity contribution in [1.29, 1.82) is 0 Å². The third-order valence-corrected chi connectivity index (χ3v) is 3.20. The van der Waals surface area contributed by atoms with Gasteiger partial charge >= 0.3 is 0 Å². The molecule has 1 heterocycles. The van der Waals surface area contributed by atoms with Crippen LogP contribution in [0.1, 0.15) is 20.8 Å². The van der Waals surface area contributed by atoms with Crippen molar-refractivity contribution in [3.63, 3.8) is 0 Å². The molecule has 0 bridgehead atoms. The van der Waals surface area contributed by atoms with Crippen molar-refractivity contribution in [2.75, 3.05) is 39.3 Å². The largest absolute Gasteiger partial charge is 0.389 e. The van der Waals surface area contributed by atoms with E-state index >= 15 is 0 Å². The number of nitrogens with two attached hydrogens (primary N) is 1. The summed E-state index contributed by atoms with van der Waals surface area (Å²) in [5.41, 5.74) is 1.54. The molecule has 1 atom stereocenters. The van der Waals surface area contributed by atoms with Gasteiger partial charge in [0.05, 0.1) is 5.60 Å². The Labute approximate surface area is 109 Å². The van der Waals surface area contributed by atoms with Crippen LogP contribution in [-0.4, -0.2) is 65.7 Å². The average molecular weight is 258 g/mol. The maximum atomic E-state index is 11.3. The molecule has 18 heavy (non-hydrogen) atoms. The van der Waals surface area contributed by atoms with Gasteiger partial charge in [-0.2, -0.15) is 0 Å². The summed E-state index contributed by atoms with van der Waals surface area (Å²) in [7, 11) is 0. The van der Waals surface area contributed by atoms with Gasteiger partial charge in [0.2, 0.25) is 5.91 Å². The Morgan fingerprint density at radius 2 is 1.83 bits per heavy atom. The molecule has 1 amide bonds. The van der Waals surface area contributed by atoms with Crippen LogP contribution < -0.4 is 11.3 Å². The molecule has 6 nitrogen and oxygen atoms in total. The molecule has 0 radical (unpaired) electrons. The van der Waals surface area contributed by atoms with Crippen molar-refractivity contribution in [2.24, 2.45) is 11.8 Å². The van der Waals surface area contributed by atoms with E-state index in [-0.39, 0.29) is 11.8 Å². The second-order valence-corrected chi connectivity index (χ2v) is 5.80. The summed E-state index contributed by atoms with van der Waals surface area (Å²) < 4.78 is 0. The minimum Gasteiger partial charge on any atom is -0.389 e. The Balaban J connectivity index is 2.29. The molecule has 0 spiro atoms. The van der Waals surface area contributed by atoms with Crippen molar-refractivity contribution >= 4 is 5.91 Å². The molecule has 0 aromatic carbocycles. The first-order valence-corrected chi connectivity index (χ1v) is 6.49. The third-order valence-electron chi connectivity index (χ3n) is 3.20. The van der Waals surface area contributed by atoms with E-state index in [4.69, 9.17) is 5.84 Å². The van der Waals surface area contributed by atoms with Gasteiger partial charge in [-0.05, 0) is 13.8 Å². The highest BCUT2D eigenvalue weighted by Crippen LogP contribution is 2.10. The van der Waals surface area contributed by atoms with E-state index in [0.717, 1.165) is 32.7 Å². The lowest BCUT2D eigenvalue weighted by molar-refractivity contribution is -0.125. The summed E-state index contributed by atoms with van der Waals surface area (Å²) in [6.45, 7) is 10.7. The molecule has 1 fully saturated rings. The molecule has 1 rings (SSSR count). The number of rotatable bonds is 5. The van der Waals surface area contributed by atoms with Gasteiger partial charge in [-0.3, -0.25) is 15.1 Å². The summed E-state index contributed by atoms with van der Waals surface area (Å²) in [5.74, 6) is 4.91. The molecule has 0 aliphatic carbocycles. The van der Waals surface area contributed by atoms with Gasteiger partial charge in [0.25, 0.3) is 0 Å². The Hall–Kier alpha value is -0.690. The molecule has 106 valence electrons. The lowest BCUT2D eigenvalue weighted by Crippen LogP contribution is -2.52. The maximum absolute atomic E-state index is 11.3. The highest BCUT2D eigenvalue weighted by molar-refractivity contribution is 5.77. The topological polar surface area (TPSA) is 81.8 Å². The third kappa shape index (κ3) is 5.30. The monoisotopic (exact) mass is 258 g/mol. The van der Waals surface area contributed by atoms with E-state index in [1.165, 1.54) is 0 Å². The normalized spacial score (nSPS) is 20.7. The smallest absolute Gasteiger partial charge is 0.237 e. The van der Waals surface area contributed by atoms with E-state index in [1.54, 1.807) is 0 Å². The fourth-order valence-corrected chi connectivity index (χ4v) is 2.29. The van der Waals surface area contributed by atoms with Gasteiger partial charge < -0.3 is 10.0 Å². The SMILES string of the molecule is CC(CN1CCN(CC(C)(C)O)CC1)C(=O)NN. The average Bonchev–Trinajstić information content (AvgIpc) is 2.28. The fourth-order valence-electron chi connectivity index (χ4n) is 2.29. The first-order chi connectivity index (χ1) is 8.31. The Kier molecular flexibility index (Phi) is 5.52. The van der Waals surface area contributed by atoms with Crippen molar-refractivity contribution in [2.45, 2.75) is 26.4 Å². The second kappa shape index (κ2) is 6.47. The van der Waals surface area contributed by atoms with Crippen LogP contribution in [0.2, 0.25) is 0 Å². The molecule has 4 N–H and O–H groups in total. The summed E-state index contributed by atoms with van der Waals surface area (Å²) in [4.78, 5) is 15.8. The van der Waals surface area contributed by atoms with E-state index in [0.29, 0.717) is 6.54 Å². The first kappa shape index (κ1) is 15.4. The Morgan fingerprint density at radius 3 is 2.28 bits per heavy atom. The lowest BCUT2D eigenvalue weighted by Gasteiger charge is -2.37. The highest BCUT2D eigenvalue weighted by Gasteiger charge is 2.24. The quantitative estimate of drug-likeness (QED) is 0.335. The molecular formula is C12H26N4O2. The first-order valence-electron chi connectivity index (χ1n) is 6.49. The number of hydrogen-bond acceptors (Lipinski definition) is 5. The van der Waals surface area contributed by atoms with Crippen LogP contribution in [-0.2, 0) is 4.79 Å². The summed E-state index contributed by atoms with van der Waals surface area (Å²) in [6.07, 6.45) is 0. The molecule has 1 saturated heterocycles. The van der Waals surface area contributed by atoms with Gasteiger partial charge in [-0.1, -0.05) is 6.92 Å². The van der Waals surface area contributed by atoms with Crippen LogP contribution in [0.5, 0.6) is 0 Å². The number of nitrogens with zero attached hydrogens (tertiary/aromatic N) is 2. The highest BCUT2D eigenvalue weighted by atomic mass is 16.3. The summed E-state index contributed by atoms with van der Waals surface area (Å²) in [5, 5.41) is 9.76. The van der Waals surface area contributed by atoms with E-state index < -0.39 is 5.60 Å². The minimum absolute atomic E-state index is 0.0872. The van der Waals surface area contributed by atoms with Gasteiger partial charge in [0.1, 0.15) is 0 Å². The second-order valence-electron chi connectivity index (χ2n) is 5.80. The number of carbonyl (C=O) groups is 1. The van der Waals surface area contributed by atoms with Crippen LogP contribution in [0.25, 0.3) is 0 Å².